The summed E-state index contributed by atoms with van der Waals surface area (Å²) in [6.07, 6.45) is -0.353. The lowest BCUT2D eigenvalue weighted by Crippen LogP contribution is -1.97. The molecule has 11 heavy (non-hydrogen) atoms. The second-order valence-corrected chi connectivity index (χ2v) is 3.05. The van der Waals surface area contributed by atoms with E-state index in [1.54, 1.807) is 19.1 Å². The smallest absolute Gasteiger partial charge is 0.101 e. The summed E-state index contributed by atoms with van der Waals surface area (Å²) >= 11 is 5.71. The highest BCUT2D eigenvalue weighted by Gasteiger charge is 1.99. The van der Waals surface area contributed by atoms with Gasteiger partial charge in [-0.1, -0.05) is 23.7 Å². The summed E-state index contributed by atoms with van der Waals surface area (Å²) in [7, 11) is 0. The summed E-state index contributed by atoms with van der Waals surface area (Å²) in [6.45, 7) is 1.54. The molecule has 1 aromatic rings. The van der Waals surface area contributed by atoms with E-state index in [0.29, 0.717) is 11.4 Å². The normalized spacial score (nSPS) is 13.0. The van der Waals surface area contributed by atoms with Gasteiger partial charge in [-0.25, -0.2) is 4.39 Å². The zero-order chi connectivity index (χ0) is 8.27. The van der Waals surface area contributed by atoms with Crippen LogP contribution in [0.5, 0.6) is 0 Å². The summed E-state index contributed by atoms with van der Waals surface area (Å²) in [6, 6.07) is 7.29. The van der Waals surface area contributed by atoms with Gasteiger partial charge in [0.25, 0.3) is 0 Å². The number of halogens is 2. The fourth-order valence-corrected chi connectivity index (χ4v) is 1.20. The Kier molecular flexibility index (Phi) is 2.89. The zero-order valence-corrected chi connectivity index (χ0v) is 7.11. The van der Waals surface area contributed by atoms with Crippen LogP contribution in [0.4, 0.5) is 4.39 Å². The van der Waals surface area contributed by atoms with Crippen LogP contribution >= 0.6 is 11.6 Å². The van der Waals surface area contributed by atoms with Crippen LogP contribution in [0.15, 0.2) is 24.3 Å². The standard InChI is InChI=1S/C9H10ClF/c1-7(11)5-8-3-2-4-9(10)6-8/h2-4,6-7H,5H2,1H3. The van der Waals surface area contributed by atoms with Crippen molar-refractivity contribution in [3.05, 3.63) is 34.9 Å². The molecule has 2 heteroatoms. The molecule has 0 saturated carbocycles. The van der Waals surface area contributed by atoms with Gasteiger partial charge in [0.1, 0.15) is 6.17 Å². The minimum absolute atomic E-state index is 0.445. The van der Waals surface area contributed by atoms with E-state index in [1.807, 2.05) is 12.1 Å². The van der Waals surface area contributed by atoms with Gasteiger partial charge in [-0.15, -0.1) is 0 Å². The molecule has 0 spiro atoms. The fraction of sp³-hybridized carbons (Fsp3) is 0.333. The monoisotopic (exact) mass is 172 g/mol. The Hall–Kier alpha value is -0.560. The summed E-state index contributed by atoms with van der Waals surface area (Å²) < 4.78 is 12.5. The van der Waals surface area contributed by atoms with Crippen molar-refractivity contribution in [3.63, 3.8) is 0 Å². The first-order valence-corrected chi connectivity index (χ1v) is 3.95. The first-order valence-electron chi connectivity index (χ1n) is 3.57. The predicted molar refractivity (Wildman–Crippen MR) is 45.7 cm³/mol. The maximum atomic E-state index is 12.5. The zero-order valence-electron chi connectivity index (χ0n) is 6.35. The molecule has 0 N–H and O–H groups in total. The van der Waals surface area contributed by atoms with E-state index in [-0.39, 0.29) is 0 Å². The van der Waals surface area contributed by atoms with Gasteiger partial charge < -0.3 is 0 Å². The van der Waals surface area contributed by atoms with Crippen LogP contribution < -0.4 is 0 Å². The number of alkyl halides is 1. The van der Waals surface area contributed by atoms with Crippen molar-refractivity contribution >= 4 is 11.6 Å². The van der Waals surface area contributed by atoms with E-state index in [9.17, 15) is 4.39 Å². The summed E-state index contributed by atoms with van der Waals surface area (Å²) in [5.41, 5.74) is 0.951. The highest BCUT2D eigenvalue weighted by atomic mass is 35.5. The second-order valence-electron chi connectivity index (χ2n) is 2.61. The summed E-state index contributed by atoms with van der Waals surface area (Å²) in [5.74, 6) is 0. The van der Waals surface area contributed by atoms with Gasteiger partial charge in [-0.3, -0.25) is 0 Å². The van der Waals surface area contributed by atoms with Crippen molar-refractivity contribution in [2.24, 2.45) is 0 Å². The van der Waals surface area contributed by atoms with Crippen LogP contribution in [0.25, 0.3) is 0 Å². The van der Waals surface area contributed by atoms with E-state index in [0.717, 1.165) is 5.56 Å². The lowest BCUT2D eigenvalue weighted by molar-refractivity contribution is 0.360. The van der Waals surface area contributed by atoms with Crippen molar-refractivity contribution in [3.8, 4) is 0 Å². The quantitative estimate of drug-likeness (QED) is 0.643. The van der Waals surface area contributed by atoms with Crippen LogP contribution in [-0.2, 0) is 6.42 Å². The molecular weight excluding hydrogens is 163 g/mol. The molecule has 1 rings (SSSR count). The molecule has 0 aliphatic carbocycles. The molecule has 0 nitrogen and oxygen atoms in total. The largest absolute Gasteiger partial charge is 0.247 e. The predicted octanol–water partition coefficient (Wildman–Crippen LogP) is 3.24. The molecule has 0 aromatic heterocycles. The van der Waals surface area contributed by atoms with Crippen LogP contribution in [0.2, 0.25) is 5.02 Å². The second kappa shape index (κ2) is 3.72. The Morgan fingerprint density at radius 1 is 1.55 bits per heavy atom. The van der Waals surface area contributed by atoms with E-state index < -0.39 is 6.17 Å². The minimum Gasteiger partial charge on any atom is -0.247 e. The van der Waals surface area contributed by atoms with Gasteiger partial charge >= 0.3 is 0 Å². The van der Waals surface area contributed by atoms with E-state index in [4.69, 9.17) is 11.6 Å². The average molecular weight is 173 g/mol. The molecule has 0 aliphatic heterocycles. The molecule has 0 heterocycles. The van der Waals surface area contributed by atoms with E-state index in [1.165, 1.54) is 0 Å². The van der Waals surface area contributed by atoms with Gasteiger partial charge in [0.15, 0.2) is 0 Å². The van der Waals surface area contributed by atoms with Gasteiger partial charge in [0.05, 0.1) is 0 Å². The molecule has 0 fully saturated rings. The number of hydrogen-bond acceptors (Lipinski definition) is 0. The molecule has 0 aliphatic rings. The maximum Gasteiger partial charge on any atom is 0.101 e. The first-order chi connectivity index (χ1) is 5.18. The van der Waals surface area contributed by atoms with Crippen LogP contribution in [0, 0.1) is 0 Å². The molecule has 0 radical (unpaired) electrons. The van der Waals surface area contributed by atoms with Crippen LogP contribution in [0.1, 0.15) is 12.5 Å². The van der Waals surface area contributed by atoms with Crippen molar-refractivity contribution in [2.75, 3.05) is 0 Å². The van der Waals surface area contributed by atoms with Gasteiger partial charge in [0, 0.05) is 11.4 Å². The summed E-state index contributed by atoms with van der Waals surface area (Å²) in [4.78, 5) is 0. The average Bonchev–Trinajstić information content (AvgIpc) is 1.85. The molecule has 1 unspecified atom stereocenters. The van der Waals surface area contributed by atoms with Crippen molar-refractivity contribution in [1.29, 1.82) is 0 Å². The van der Waals surface area contributed by atoms with E-state index in [2.05, 4.69) is 0 Å². The molecule has 1 atom stereocenters. The molecule has 1 aromatic carbocycles. The Bertz CT molecular complexity index is 233. The number of rotatable bonds is 2. The Balaban J connectivity index is 2.71. The fourth-order valence-electron chi connectivity index (χ4n) is 0.989. The highest BCUT2D eigenvalue weighted by Crippen LogP contribution is 2.12. The van der Waals surface area contributed by atoms with Gasteiger partial charge in [-0.2, -0.15) is 0 Å². The molecule has 0 amide bonds. The molecule has 0 saturated heterocycles. The lowest BCUT2D eigenvalue weighted by Gasteiger charge is -2.01. The van der Waals surface area contributed by atoms with Crippen LogP contribution in [0.3, 0.4) is 0 Å². The Morgan fingerprint density at radius 2 is 2.27 bits per heavy atom. The number of benzene rings is 1. The van der Waals surface area contributed by atoms with Crippen molar-refractivity contribution in [1.82, 2.24) is 0 Å². The Morgan fingerprint density at radius 3 is 2.82 bits per heavy atom. The molecular formula is C9H10ClF. The Labute approximate surface area is 71.0 Å². The highest BCUT2D eigenvalue weighted by molar-refractivity contribution is 6.30. The topological polar surface area (TPSA) is 0 Å². The molecule has 60 valence electrons. The maximum absolute atomic E-state index is 12.5. The van der Waals surface area contributed by atoms with Gasteiger partial charge in [0.2, 0.25) is 0 Å². The third-order valence-electron chi connectivity index (χ3n) is 1.41. The summed E-state index contributed by atoms with van der Waals surface area (Å²) in [5, 5.41) is 0.670. The third kappa shape index (κ3) is 2.89. The van der Waals surface area contributed by atoms with Gasteiger partial charge in [-0.05, 0) is 24.6 Å². The van der Waals surface area contributed by atoms with E-state index >= 15 is 0 Å². The SMILES string of the molecule is CC(F)Cc1cccc(Cl)c1. The lowest BCUT2D eigenvalue weighted by atomic mass is 10.1. The van der Waals surface area contributed by atoms with Crippen molar-refractivity contribution in [2.45, 2.75) is 19.5 Å². The third-order valence-corrected chi connectivity index (χ3v) is 1.64. The van der Waals surface area contributed by atoms with Crippen LogP contribution in [-0.4, -0.2) is 6.17 Å². The molecule has 0 bridgehead atoms. The first kappa shape index (κ1) is 8.54. The number of hydrogen-bond donors (Lipinski definition) is 0. The minimum atomic E-state index is -0.798. The van der Waals surface area contributed by atoms with Crippen molar-refractivity contribution < 1.29 is 4.39 Å².